The van der Waals surface area contributed by atoms with Gasteiger partial charge in [0.2, 0.25) is 0 Å². The summed E-state index contributed by atoms with van der Waals surface area (Å²) < 4.78 is 1.74. The monoisotopic (exact) mass is 252 g/mol. The second kappa shape index (κ2) is 3.79. The number of aromatic nitrogens is 2. The molecule has 5 heteroatoms. The van der Waals surface area contributed by atoms with Crippen LogP contribution in [0.5, 0.6) is 0 Å². The van der Waals surface area contributed by atoms with E-state index < -0.39 is 0 Å². The minimum absolute atomic E-state index is 0.0229. The molecule has 0 radical (unpaired) electrons. The Morgan fingerprint density at radius 2 is 2.31 bits per heavy atom. The third kappa shape index (κ3) is 1.53. The summed E-state index contributed by atoms with van der Waals surface area (Å²) in [6.07, 6.45) is 1.02. The standard InChI is InChI=1S/C11H9ClN2OS/c12-7-2-3-9-8(6-7)10(15)14-4-1-5-16-11(14)13-9/h2-3,6H,1,4-5H2. The SMILES string of the molecule is O=c1c2cc(Cl)ccc2nc2n1CCCS2. The number of hydrogen-bond acceptors (Lipinski definition) is 3. The topological polar surface area (TPSA) is 34.9 Å². The maximum atomic E-state index is 12.2. The molecule has 1 aromatic carbocycles. The van der Waals surface area contributed by atoms with Gasteiger partial charge in [-0.25, -0.2) is 4.98 Å². The van der Waals surface area contributed by atoms with Gasteiger partial charge in [0.1, 0.15) is 0 Å². The third-order valence-electron chi connectivity index (χ3n) is 2.64. The fraction of sp³-hybridized carbons (Fsp3) is 0.273. The molecule has 3 nitrogen and oxygen atoms in total. The number of fused-ring (bicyclic) bond motifs is 2. The first kappa shape index (κ1) is 10.2. The van der Waals surface area contributed by atoms with Gasteiger partial charge in [-0.1, -0.05) is 23.4 Å². The molecule has 2 aromatic rings. The first-order chi connectivity index (χ1) is 7.75. The highest BCUT2D eigenvalue weighted by molar-refractivity contribution is 7.99. The van der Waals surface area contributed by atoms with Crippen molar-refractivity contribution >= 4 is 34.3 Å². The van der Waals surface area contributed by atoms with Gasteiger partial charge < -0.3 is 0 Å². The van der Waals surface area contributed by atoms with Crippen molar-refractivity contribution in [1.29, 1.82) is 0 Å². The molecule has 0 N–H and O–H groups in total. The average Bonchev–Trinajstić information content (AvgIpc) is 2.31. The molecule has 3 rings (SSSR count). The number of halogens is 1. The highest BCUT2D eigenvalue weighted by Gasteiger charge is 2.14. The lowest BCUT2D eigenvalue weighted by molar-refractivity contribution is 0.571. The van der Waals surface area contributed by atoms with Crippen LogP contribution in [0.25, 0.3) is 10.9 Å². The van der Waals surface area contributed by atoms with Crippen molar-refractivity contribution in [2.75, 3.05) is 5.75 Å². The zero-order chi connectivity index (χ0) is 11.1. The van der Waals surface area contributed by atoms with E-state index in [0.717, 1.165) is 29.4 Å². The molecular weight excluding hydrogens is 244 g/mol. The summed E-state index contributed by atoms with van der Waals surface area (Å²) in [5.74, 6) is 1.03. The van der Waals surface area contributed by atoms with Gasteiger partial charge in [0.15, 0.2) is 5.16 Å². The van der Waals surface area contributed by atoms with E-state index in [-0.39, 0.29) is 5.56 Å². The van der Waals surface area contributed by atoms with Crippen LogP contribution < -0.4 is 5.56 Å². The lowest BCUT2D eigenvalue weighted by Gasteiger charge is -2.16. The van der Waals surface area contributed by atoms with Gasteiger partial charge in [-0.2, -0.15) is 0 Å². The van der Waals surface area contributed by atoms with E-state index in [4.69, 9.17) is 11.6 Å². The van der Waals surface area contributed by atoms with Gasteiger partial charge in [-0.3, -0.25) is 9.36 Å². The Balaban J connectivity index is 2.40. The van der Waals surface area contributed by atoms with Gasteiger partial charge >= 0.3 is 0 Å². The molecule has 1 aliphatic heterocycles. The summed E-state index contributed by atoms with van der Waals surface area (Å²) in [6, 6.07) is 5.26. The van der Waals surface area contributed by atoms with E-state index in [0.29, 0.717) is 10.4 Å². The molecule has 0 bridgehead atoms. The first-order valence-electron chi connectivity index (χ1n) is 5.08. The molecule has 0 aliphatic carbocycles. The smallest absolute Gasteiger partial charge is 0.262 e. The van der Waals surface area contributed by atoms with E-state index in [2.05, 4.69) is 4.98 Å². The van der Waals surface area contributed by atoms with Crippen molar-refractivity contribution in [3.8, 4) is 0 Å². The summed E-state index contributed by atoms with van der Waals surface area (Å²) >= 11 is 7.53. The zero-order valence-electron chi connectivity index (χ0n) is 8.44. The molecule has 16 heavy (non-hydrogen) atoms. The normalized spacial score (nSPS) is 15.1. The van der Waals surface area contributed by atoms with Crippen LogP contribution in [0.4, 0.5) is 0 Å². The molecule has 1 aliphatic rings. The molecule has 0 fully saturated rings. The highest BCUT2D eigenvalue weighted by atomic mass is 35.5. The van der Waals surface area contributed by atoms with Gasteiger partial charge in [0, 0.05) is 17.3 Å². The van der Waals surface area contributed by atoms with Crippen molar-refractivity contribution in [2.45, 2.75) is 18.1 Å². The summed E-state index contributed by atoms with van der Waals surface area (Å²) in [6.45, 7) is 0.761. The van der Waals surface area contributed by atoms with Gasteiger partial charge in [0.05, 0.1) is 10.9 Å². The van der Waals surface area contributed by atoms with Crippen LogP contribution in [0.15, 0.2) is 28.2 Å². The van der Waals surface area contributed by atoms with Gasteiger partial charge in [0.25, 0.3) is 5.56 Å². The predicted molar refractivity (Wildman–Crippen MR) is 66.4 cm³/mol. The van der Waals surface area contributed by atoms with E-state index in [1.54, 1.807) is 34.5 Å². The Labute approximate surface area is 101 Å². The fourth-order valence-corrected chi connectivity index (χ4v) is 2.99. The number of hydrogen-bond donors (Lipinski definition) is 0. The number of nitrogens with zero attached hydrogens (tertiary/aromatic N) is 2. The summed E-state index contributed by atoms with van der Waals surface area (Å²) in [4.78, 5) is 16.7. The minimum Gasteiger partial charge on any atom is -0.287 e. The van der Waals surface area contributed by atoms with Gasteiger partial charge in [-0.15, -0.1) is 0 Å². The van der Waals surface area contributed by atoms with Gasteiger partial charge in [-0.05, 0) is 24.6 Å². The van der Waals surface area contributed by atoms with Crippen LogP contribution in [0.2, 0.25) is 5.02 Å². The van der Waals surface area contributed by atoms with Crippen molar-refractivity contribution in [3.63, 3.8) is 0 Å². The van der Waals surface area contributed by atoms with E-state index >= 15 is 0 Å². The Morgan fingerprint density at radius 3 is 3.19 bits per heavy atom. The lowest BCUT2D eigenvalue weighted by Crippen LogP contribution is -2.26. The van der Waals surface area contributed by atoms with Crippen molar-refractivity contribution in [2.24, 2.45) is 0 Å². The molecule has 2 heterocycles. The van der Waals surface area contributed by atoms with E-state index in [9.17, 15) is 4.79 Å². The number of benzene rings is 1. The van der Waals surface area contributed by atoms with Crippen LogP contribution >= 0.6 is 23.4 Å². The first-order valence-corrected chi connectivity index (χ1v) is 6.45. The molecule has 1 aromatic heterocycles. The second-order valence-electron chi connectivity index (χ2n) is 3.71. The highest BCUT2D eigenvalue weighted by Crippen LogP contribution is 2.23. The Hall–Kier alpha value is -1.000. The average molecular weight is 253 g/mol. The Morgan fingerprint density at radius 1 is 1.44 bits per heavy atom. The molecule has 0 saturated heterocycles. The second-order valence-corrected chi connectivity index (χ2v) is 5.21. The molecule has 0 spiro atoms. The third-order valence-corrected chi connectivity index (χ3v) is 3.94. The minimum atomic E-state index is 0.0229. The Kier molecular flexibility index (Phi) is 2.41. The largest absolute Gasteiger partial charge is 0.287 e. The van der Waals surface area contributed by atoms with E-state index in [1.807, 2.05) is 0 Å². The van der Waals surface area contributed by atoms with Crippen molar-refractivity contribution in [1.82, 2.24) is 9.55 Å². The zero-order valence-corrected chi connectivity index (χ0v) is 10.0. The van der Waals surface area contributed by atoms with Crippen LogP contribution in [0.3, 0.4) is 0 Å². The summed E-state index contributed by atoms with van der Waals surface area (Å²) in [7, 11) is 0. The van der Waals surface area contributed by atoms with Crippen LogP contribution in [0, 0.1) is 0 Å². The molecule has 0 amide bonds. The van der Waals surface area contributed by atoms with Crippen LogP contribution in [-0.4, -0.2) is 15.3 Å². The maximum Gasteiger partial charge on any atom is 0.262 e. The Bertz CT molecular complexity index is 623. The molecule has 82 valence electrons. The van der Waals surface area contributed by atoms with Crippen LogP contribution in [0.1, 0.15) is 6.42 Å². The predicted octanol–water partition coefficient (Wildman–Crippen LogP) is 2.55. The number of rotatable bonds is 0. The quantitative estimate of drug-likeness (QED) is 0.676. The summed E-state index contributed by atoms with van der Waals surface area (Å²) in [5, 5.41) is 2.01. The maximum absolute atomic E-state index is 12.2. The molecular formula is C11H9ClN2OS. The summed E-state index contributed by atoms with van der Waals surface area (Å²) in [5.41, 5.74) is 0.754. The van der Waals surface area contributed by atoms with Crippen molar-refractivity contribution < 1.29 is 0 Å². The van der Waals surface area contributed by atoms with E-state index in [1.165, 1.54) is 0 Å². The fourth-order valence-electron chi connectivity index (χ4n) is 1.87. The van der Waals surface area contributed by atoms with Crippen molar-refractivity contribution in [3.05, 3.63) is 33.6 Å². The molecule has 0 saturated carbocycles. The number of thioether (sulfide) groups is 1. The lowest BCUT2D eigenvalue weighted by atomic mass is 10.2. The molecule has 0 atom stereocenters. The van der Waals surface area contributed by atoms with Crippen LogP contribution in [-0.2, 0) is 6.54 Å². The molecule has 0 unspecified atom stereocenters.